The largest absolute Gasteiger partial charge is 0.381 e. The Kier molecular flexibility index (Phi) is 3.54. The highest BCUT2D eigenvalue weighted by Crippen LogP contribution is 2.23. The zero-order valence-corrected chi connectivity index (χ0v) is 11.6. The summed E-state index contributed by atoms with van der Waals surface area (Å²) in [5.41, 5.74) is 7.10. The van der Waals surface area contributed by atoms with Crippen LogP contribution < -0.4 is 5.32 Å². The number of hydrogen-bond donors (Lipinski definition) is 1. The van der Waals surface area contributed by atoms with Crippen LogP contribution in [0.3, 0.4) is 0 Å². The predicted octanol–water partition coefficient (Wildman–Crippen LogP) is 4.35. The molecule has 0 spiro atoms. The Bertz CT molecular complexity index is 554. The molecule has 0 saturated heterocycles. The summed E-state index contributed by atoms with van der Waals surface area (Å²) < 4.78 is 0. The molecule has 0 saturated carbocycles. The first-order valence-electron chi connectivity index (χ1n) is 7.28. The van der Waals surface area contributed by atoms with Gasteiger partial charge in [0.1, 0.15) is 0 Å². The summed E-state index contributed by atoms with van der Waals surface area (Å²) in [4.78, 5) is 0. The number of rotatable bonds is 4. The second-order valence-corrected chi connectivity index (χ2v) is 5.36. The lowest BCUT2D eigenvalue weighted by Gasteiger charge is -2.09. The molecule has 2 aromatic carbocycles. The van der Waals surface area contributed by atoms with E-state index in [9.17, 15) is 0 Å². The fourth-order valence-electron chi connectivity index (χ4n) is 2.80. The maximum absolute atomic E-state index is 3.50. The van der Waals surface area contributed by atoms with Crippen LogP contribution in [0.4, 0.5) is 5.69 Å². The van der Waals surface area contributed by atoms with Crippen LogP contribution in [0.15, 0.2) is 42.5 Å². The zero-order valence-electron chi connectivity index (χ0n) is 11.6. The number of fused-ring (bicyclic) bond motifs is 1. The van der Waals surface area contributed by atoms with E-state index < -0.39 is 0 Å². The molecule has 1 aliphatic carbocycles. The van der Waals surface area contributed by atoms with Gasteiger partial charge in [0.15, 0.2) is 0 Å². The monoisotopic (exact) mass is 251 g/mol. The minimum Gasteiger partial charge on any atom is -0.381 e. The molecule has 1 nitrogen and oxygen atoms in total. The second-order valence-electron chi connectivity index (χ2n) is 5.36. The summed E-state index contributed by atoms with van der Waals surface area (Å²) in [5.74, 6) is 0. The quantitative estimate of drug-likeness (QED) is 0.852. The van der Waals surface area contributed by atoms with Gasteiger partial charge >= 0.3 is 0 Å². The molecule has 0 aromatic heterocycles. The average Bonchev–Trinajstić information content (AvgIpc) is 2.93. The fraction of sp³-hybridized carbons (Fsp3) is 0.333. The summed E-state index contributed by atoms with van der Waals surface area (Å²) in [6, 6.07) is 15.7. The van der Waals surface area contributed by atoms with Crippen LogP contribution in [-0.2, 0) is 25.8 Å². The molecule has 2 aromatic rings. The van der Waals surface area contributed by atoms with Crippen LogP contribution in [0.25, 0.3) is 0 Å². The normalized spacial score (nSPS) is 13.3. The van der Waals surface area contributed by atoms with Crippen molar-refractivity contribution >= 4 is 5.69 Å². The van der Waals surface area contributed by atoms with E-state index in [1.54, 1.807) is 11.1 Å². The van der Waals surface area contributed by atoms with Gasteiger partial charge in [-0.05, 0) is 60.1 Å². The first-order chi connectivity index (χ1) is 9.35. The third-order valence-electron chi connectivity index (χ3n) is 4.02. The van der Waals surface area contributed by atoms with Crippen LogP contribution in [0.1, 0.15) is 35.6 Å². The molecular formula is C18H21N. The Morgan fingerprint density at radius 3 is 2.42 bits per heavy atom. The highest BCUT2D eigenvalue weighted by atomic mass is 14.9. The van der Waals surface area contributed by atoms with Crippen molar-refractivity contribution in [3.63, 3.8) is 0 Å². The predicted molar refractivity (Wildman–Crippen MR) is 81.6 cm³/mol. The first kappa shape index (κ1) is 12.3. The van der Waals surface area contributed by atoms with E-state index in [0.717, 1.165) is 13.0 Å². The number of nitrogens with one attached hydrogen (secondary N) is 1. The van der Waals surface area contributed by atoms with Crippen molar-refractivity contribution in [3.05, 3.63) is 64.7 Å². The molecule has 0 radical (unpaired) electrons. The van der Waals surface area contributed by atoms with Gasteiger partial charge in [-0.2, -0.15) is 0 Å². The molecule has 19 heavy (non-hydrogen) atoms. The van der Waals surface area contributed by atoms with Gasteiger partial charge in [-0.3, -0.25) is 0 Å². The SMILES string of the molecule is CCc1ccc(NCc2ccc3c(c2)CCC3)cc1. The lowest BCUT2D eigenvalue weighted by atomic mass is 10.1. The van der Waals surface area contributed by atoms with Crippen molar-refractivity contribution in [2.75, 3.05) is 5.32 Å². The van der Waals surface area contributed by atoms with Crippen LogP contribution >= 0.6 is 0 Å². The number of hydrogen-bond acceptors (Lipinski definition) is 1. The zero-order chi connectivity index (χ0) is 13.1. The number of aryl methyl sites for hydroxylation is 3. The number of anilines is 1. The van der Waals surface area contributed by atoms with Crippen molar-refractivity contribution in [2.24, 2.45) is 0 Å². The Morgan fingerprint density at radius 1 is 0.895 bits per heavy atom. The molecule has 98 valence electrons. The summed E-state index contributed by atoms with van der Waals surface area (Å²) in [7, 11) is 0. The van der Waals surface area contributed by atoms with Crippen molar-refractivity contribution in [1.82, 2.24) is 0 Å². The van der Waals surface area contributed by atoms with Crippen molar-refractivity contribution in [1.29, 1.82) is 0 Å². The van der Waals surface area contributed by atoms with Crippen molar-refractivity contribution in [2.45, 2.75) is 39.2 Å². The average molecular weight is 251 g/mol. The minimum atomic E-state index is 0.915. The van der Waals surface area contributed by atoms with Gasteiger partial charge in [-0.25, -0.2) is 0 Å². The van der Waals surface area contributed by atoms with Crippen molar-refractivity contribution < 1.29 is 0 Å². The highest BCUT2D eigenvalue weighted by Gasteiger charge is 2.10. The molecule has 0 bridgehead atoms. The second kappa shape index (κ2) is 5.48. The molecule has 0 fully saturated rings. The summed E-state index contributed by atoms with van der Waals surface area (Å²) in [5, 5.41) is 3.50. The van der Waals surface area contributed by atoms with E-state index in [-0.39, 0.29) is 0 Å². The van der Waals surface area contributed by atoms with E-state index in [2.05, 4.69) is 54.7 Å². The van der Waals surface area contributed by atoms with E-state index in [1.165, 1.54) is 36.1 Å². The molecule has 0 aliphatic heterocycles. The van der Waals surface area contributed by atoms with Gasteiger partial charge < -0.3 is 5.32 Å². The maximum atomic E-state index is 3.50. The minimum absolute atomic E-state index is 0.915. The van der Waals surface area contributed by atoms with E-state index in [1.807, 2.05) is 0 Å². The van der Waals surface area contributed by atoms with Crippen molar-refractivity contribution in [3.8, 4) is 0 Å². The Hall–Kier alpha value is -1.76. The van der Waals surface area contributed by atoms with Crippen LogP contribution in [0.5, 0.6) is 0 Å². The van der Waals surface area contributed by atoms with Gasteiger partial charge in [0.2, 0.25) is 0 Å². The Morgan fingerprint density at radius 2 is 1.63 bits per heavy atom. The molecule has 1 aliphatic rings. The van der Waals surface area contributed by atoms with E-state index >= 15 is 0 Å². The summed E-state index contributed by atoms with van der Waals surface area (Å²) in [6.07, 6.45) is 4.95. The molecule has 1 N–H and O–H groups in total. The fourth-order valence-corrected chi connectivity index (χ4v) is 2.80. The summed E-state index contributed by atoms with van der Waals surface area (Å²) in [6.45, 7) is 3.10. The van der Waals surface area contributed by atoms with E-state index in [0.29, 0.717) is 0 Å². The van der Waals surface area contributed by atoms with Crippen LogP contribution in [0, 0.1) is 0 Å². The molecule has 0 atom stereocenters. The molecule has 3 rings (SSSR count). The third kappa shape index (κ3) is 2.81. The highest BCUT2D eigenvalue weighted by molar-refractivity contribution is 5.46. The Labute approximate surface area is 115 Å². The van der Waals surface area contributed by atoms with Gasteiger partial charge in [0, 0.05) is 12.2 Å². The first-order valence-corrected chi connectivity index (χ1v) is 7.28. The molecule has 0 heterocycles. The van der Waals surface area contributed by atoms with Gasteiger partial charge in [-0.1, -0.05) is 37.3 Å². The summed E-state index contributed by atoms with van der Waals surface area (Å²) >= 11 is 0. The van der Waals surface area contributed by atoms with Crippen LogP contribution in [0.2, 0.25) is 0 Å². The third-order valence-corrected chi connectivity index (χ3v) is 4.02. The molecular weight excluding hydrogens is 230 g/mol. The van der Waals surface area contributed by atoms with Crippen LogP contribution in [-0.4, -0.2) is 0 Å². The van der Waals surface area contributed by atoms with E-state index in [4.69, 9.17) is 0 Å². The molecule has 0 unspecified atom stereocenters. The lowest BCUT2D eigenvalue weighted by molar-refractivity contribution is 0.911. The lowest BCUT2D eigenvalue weighted by Crippen LogP contribution is -2.00. The molecule has 1 heteroatoms. The molecule has 0 amide bonds. The van der Waals surface area contributed by atoms with Gasteiger partial charge in [-0.15, -0.1) is 0 Å². The Balaban J connectivity index is 1.65. The van der Waals surface area contributed by atoms with Gasteiger partial charge in [0.05, 0.1) is 0 Å². The topological polar surface area (TPSA) is 12.0 Å². The standard InChI is InChI=1S/C18H21N/c1-2-14-7-10-18(11-8-14)19-13-15-6-9-16-4-3-5-17(16)12-15/h6-12,19H,2-5,13H2,1H3. The number of benzene rings is 2. The van der Waals surface area contributed by atoms with Gasteiger partial charge in [0.25, 0.3) is 0 Å². The maximum Gasteiger partial charge on any atom is 0.0400 e. The smallest absolute Gasteiger partial charge is 0.0400 e.